The van der Waals surface area contributed by atoms with Gasteiger partial charge in [0, 0.05) is 29.0 Å². The van der Waals surface area contributed by atoms with Crippen LogP contribution in [0.15, 0.2) is 22.7 Å². The molecule has 3 nitrogen and oxygen atoms in total. The quantitative estimate of drug-likeness (QED) is 0.878. The summed E-state index contributed by atoms with van der Waals surface area (Å²) in [5.74, 6) is 0.951. The minimum Gasteiger partial charge on any atom is -0.493 e. The van der Waals surface area contributed by atoms with Crippen molar-refractivity contribution >= 4 is 15.9 Å². The molecule has 1 aromatic carbocycles. The molecule has 0 bridgehead atoms. The second-order valence-corrected chi connectivity index (χ2v) is 5.64. The van der Waals surface area contributed by atoms with Crippen LogP contribution in [0.5, 0.6) is 5.75 Å². The summed E-state index contributed by atoms with van der Waals surface area (Å²) in [5, 5.41) is 13.2. The molecular weight excluding hydrogens is 294 g/mol. The van der Waals surface area contributed by atoms with Crippen LogP contribution in [0, 0.1) is 0 Å². The Morgan fingerprint density at radius 2 is 2.39 bits per heavy atom. The first-order valence-corrected chi connectivity index (χ1v) is 7.33. The summed E-state index contributed by atoms with van der Waals surface area (Å²) in [7, 11) is 0. The van der Waals surface area contributed by atoms with E-state index in [9.17, 15) is 5.11 Å². The highest BCUT2D eigenvalue weighted by Crippen LogP contribution is 2.33. The van der Waals surface area contributed by atoms with Crippen molar-refractivity contribution in [1.82, 2.24) is 5.32 Å². The molecule has 0 fully saturated rings. The Morgan fingerprint density at radius 3 is 3.17 bits per heavy atom. The van der Waals surface area contributed by atoms with Gasteiger partial charge in [0.2, 0.25) is 0 Å². The summed E-state index contributed by atoms with van der Waals surface area (Å²) in [5.41, 5.74) is 1.18. The zero-order valence-corrected chi connectivity index (χ0v) is 12.2. The van der Waals surface area contributed by atoms with E-state index in [2.05, 4.69) is 34.2 Å². The van der Waals surface area contributed by atoms with Crippen molar-refractivity contribution in [2.45, 2.75) is 38.3 Å². The topological polar surface area (TPSA) is 41.5 Å². The van der Waals surface area contributed by atoms with Crippen molar-refractivity contribution in [2.75, 3.05) is 13.2 Å². The van der Waals surface area contributed by atoms with E-state index in [-0.39, 0.29) is 12.1 Å². The largest absolute Gasteiger partial charge is 0.493 e. The van der Waals surface area contributed by atoms with E-state index in [4.69, 9.17) is 4.74 Å². The van der Waals surface area contributed by atoms with E-state index in [0.29, 0.717) is 6.54 Å². The number of aliphatic hydroxyl groups is 1. The van der Waals surface area contributed by atoms with Gasteiger partial charge in [0.1, 0.15) is 5.75 Å². The van der Waals surface area contributed by atoms with Gasteiger partial charge in [-0.3, -0.25) is 0 Å². The highest BCUT2D eigenvalue weighted by Gasteiger charge is 2.21. The predicted octanol–water partition coefficient (Wildman–Crippen LogP) is 3.02. The molecule has 0 amide bonds. The second-order valence-electron chi connectivity index (χ2n) is 4.72. The van der Waals surface area contributed by atoms with Gasteiger partial charge in [-0.05, 0) is 24.6 Å². The van der Waals surface area contributed by atoms with Crippen LogP contribution in [-0.4, -0.2) is 24.4 Å². The number of aliphatic hydroxyl groups excluding tert-OH is 1. The Morgan fingerprint density at radius 1 is 1.56 bits per heavy atom. The van der Waals surface area contributed by atoms with Gasteiger partial charge in [-0.15, -0.1) is 0 Å². The van der Waals surface area contributed by atoms with Crippen molar-refractivity contribution in [2.24, 2.45) is 0 Å². The molecule has 4 heteroatoms. The van der Waals surface area contributed by atoms with Crippen LogP contribution in [0.1, 0.15) is 37.8 Å². The van der Waals surface area contributed by atoms with E-state index >= 15 is 0 Å². The molecule has 1 heterocycles. The van der Waals surface area contributed by atoms with Crippen LogP contribution in [0.4, 0.5) is 0 Å². The zero-order valence-electron chi connectivity index (χ0n) is 10.7. The van der Waals surface area contributed by atoms with E-state index in [1.807, 2.05) is 12.1 Å². The summed E-state index contributed by atoms with van der Waals surface area (Å²) < 4.78 is 6.70. The number of halogens is 1. The molecule has 0 aliphatic carbocycles. The fraction of sp³-hybridized carbons (Fsp3) is 0.571. The van der Waals surface area contributed by atoms with Crippen molar-refractivity contribution in [3.8, 4) is 5.75 Å². The van der Waals surface area contributed by atoms with E-state index in [0.717, 1.165) is 36.1 Å². The molecule has 18 heavy (non-hydrogen) atoms. The second kappa shape index (κ2) is 6.55. The van der Waals surface area contributed by atoms with E-state index in [1.54, 1.807) is 0 Å². The summed E-state index contributed by atoms with van der Waals surface area (Å²) in [6.07, 6.45) is 2.55. The standard InChI is InChI=1S/C14H20BrNO2/c1-2-3-11(17)9-16-13-6-7-18-14-5-4-10(15)8-12(13)14/h4-5,8,11,13,16-17H,2-3,6-7,9H2,1H3. The third-order valence-corrected chi connectivity index (χ3v) is 3.73. The normalized spacial score (nSPS) is 20.1. The van der Waals surface area contributed by atoms with Crippen molar-refractivity contribution in [3.05, 3.63) is 28.2 Å². The number of benzene rings is 1. The van der Waals surface area contributed by atoms with Gasteiger partial charge in [-0.2, -0.15) is 0 Å². The van der Waals surface area contributed by atoms with Crippen molar-refractivity contribution in [3.63, 3.8) is 0 Å². The molecule has 0 aromatic heterocycles. The van der Waals surface area contributed by atoms with Crippen molar-refractivity contribution in [1.29, 1.82) is 0 Å². The SMILES string of the molecule is CCCC(O)CNC1CCOc2ccc(Br)cc21. The third kappa shape index (κ3) is 3.46. The van der Waals surface area contributed by atoms with Gasteiger partial charge >= 0.3 is 0 Å². The summed E-state index contributed by atoms with van der Waals surface area (Å²) in [6, 6.07) is 6.36. The first-order chi connectivity index (χ1) is 8.70. The molecule has 2 atom stereocenters. The number of hydrogen-bond acceptors (Lipinski definition) is 3. The van der Waals surface area contributed by atoms with Crippen LogP contribution >= 0.6 is 15.9 Å². The highest BCUT2D eigenvalue weighted by atomic mass is 79.9. The van der Waals surface area contributed by atoms with Crippen LogP contribution in [0.25, 0.3) is 0 Å². The Kier molecular flexibility index (Phi) is 5.03. The molecule has 0 spiro atoms. The highest BCUT2D eigenvalue weighted by molar-refractivity contribution is 9.10. The van der Waals surface area contributed by atoms with Gasteiger partial charge in [0.05, 0.1) is 12.7 Å². The fourth-order valence-electron chi connectivity index (χ4n) is 2.29. The molecule has 1 aromatic rings. The van der Waals surface area contributed by atoms with Gasteiger partial charge in [0.15, 0.2) is 0 Å². The predicted molar refractivity (Wildman–Crippen MR) is 75.9 cm³/mol. The van der Waals surface area contributed by atoms with Crippen LogP contribution in [-0.2, 0) is 0 Å². The Hall–Kier alpha value is -0.580. The molecule has 2 unspecified atom stereocenters. The summed E-state index contributed by atoms with van der Waals surface area (Å²) in [6.45, 7) is 3.46. The van der Waals surface area contributed by atoms with E-state index in [1.165, 1.54) is 5.56 Å². The number of nitrogens with one attached hydrogen (secondary N) is 1. The molecule has 0 saturated carbocycles. The lowest BCUT2D eigenvalue weighted by Crippen LogP contribution is -2.33. The first kappa shape index (κ1) is 13.8. The molecule has 2 N–H and O–H groups in total. The fourth-order valence-corrected chi connectivity index (χ4v) is 2.67. The zero-order chi connectivity index (χ0) is 13.0. The maximum atomic E-state index is 9.78. The van der Waals surface area contributed by atoms with Crippen LogP contribution in [0.3, 0.4) is 0 Å². The molecule has 2 rings (SSSR count). The lowest BCUT2D eigenvalue weighted by molar-refractivity contribution is 0.150. The average molecular weight is 314 g/mol. The third-order valence-electron chi connectivity index (χ3n) is 3.23. The molecule has 1 aliphatic heterocycles. The average Bonchev–Trinajstić information content (AvgIpc) is 2.36. The molecule has 0 saturated heterocycles. The summed E-state index contributed by atoms with van der Waals surface area (Å²) in [4.78, 5) is 0. The number of ether oxygens (including phenoxy) is 1. The Bertz CT molecular complexity index is 397. The van der Waals surface area contributed by atoms with Crippen molar-refractivity contribution < 1.29 is 9.84 Å². The maximum absolute atomic E-state index is 9.78. The van der Waals surface area contributed by atoms with E-state index < -0.39 is 0 Å². The monoisotopic (exact) mass is 313 g/mol. The smallest absolute Gasteiger partial charge is 0.124 e. The van der Waals surface area contributed by atoms with Crippen LogP contribution in [0.2, 0.25) is 0 Å². The molecule has 1 aliphatic rings. The maximum Gasteiger partial charge on any atom is 0.124 e. The minimum atomic E-state index is -0.256. The van der Waals surface area contributed by atoms with Crippen LogP contribution < -0.4 is 10.1 Å². The minimum absolute atomic E-state index is 0.256. The van der Waals surface area contributed by atoms with Gasteiger partial charge < -0.3 is 15.2 Å². The molecule has 100 valence electrons. The number of fused-ring (bicyclic) bond motifs is 1. The Labute approximate surface area is 117 Å². The Balaban J connectivity index is 2.01. The number of hydrogen-bond donors (Lipinski definition) is 2. The van der Waals surface area contributed by atoms with Gasteiger partial charge in [0.25, 0.3) is 0 Å². The van der Waals surface area contributed by atoms with Gasteiger partial charge in [-0.1, -0.05) is 29.3 Å². The van der Waals surface area contributed by atoms with Gasteiger partial charge in [-0.25, -0.2) is 0 Å². The molecular formula is C14H20BrNO2. The lowest BCUT2D eigenvalue weighted by atomic mass is 10.0. The number of rotatable bonds is 5. The molecule has 0 radical (unpaired) electrons. The summed E-state index contributed by atoms with van der Waals surface area (Å²) >= 11 is 3.49. The first-order valence-electron chi connectivity index (χ1n) is 6.54. The lowest BCUT2D eigenvalue weighted by Gasteiger charge is -2.27.